The van der Waals surface area contributed by atoms with E-state index in [-0.39, 0.29) is 12.5 Å². The zero-order valence-corrected chi connectivity index (χ0v) is 18.0. The molecule has 31 heavy (non-hydrogen) atoms. The predicted octanol–water partition coefficient (Wildman–Crippen LogP) is 2.08. The van der Waals surface area contributed by atoms with Gasteiger partial charge in [0.1, 0.15) is 11.4 Å². The van der Waals surface area contributed by atoms with Gasteiger partial charge in [-0.1, -0.05) is 6.92 Å². The Bertz CT molecular complexity index is 1130. The van der Waals surface area contributed by atoms with Crippen molar-refractivity contribution in [2.45, 2.75) is 13.5 Å². The van der Waals surface area contributed by atoms with E-state index in [1.165, 1.54) is 0 Å². The molecular weight excluding hydrogens is 392 g/mol. The number of amides is 1. The molecule has 1 saturated heterocycles. The Morgan fingerprint density at radius 1 is 1.10 bits per heavy atom. The third-order valence-corrected chi connectivity index (χ3v) is 6.34. The van der Waals surface area contributed by atoms with Gasteiger partial charge in [-0.3, -0.25) is 9.69 Å². The smallest absolute Gasteiger partial charge is 0.264 e. The van der Waals surface area contributed by atoms with Crippen LogP contribution in [0.1, 0.15) is 12.6 Å². The van der Waals surface area contributed by atoms with Gasteiger partial charge in [-0.2, -0.15) is 0 Å². The molecule has 1 fully saturated rings. The molecule has 5 rings (SSSR count). The second kappa shape index (κ2) is 7.86. The van der Waals surface area contributed by atoms with Crippen LogP contribution in [0.4, 0.5) is 11.4 Å². The first-order valence-electron chi connectivity index (χ1n) is 10.8. The minimum Gasteiger partial charge on any atom is -0.482 e. The minimum absolute atomic E-state index is 0.0542. The van der Waals surface area contributed by atoms with Crippen molar-refractivity contribution in [3.05, 3.63) is 42.2 Å². The average Bonchev–Trinajstić information content (AvgIpc) is 3.14. The first kappa shape index (κ1) is 19.8. The molecule has 2 aromatic heterocycles. The van der Waals surface area contributed by atoms with Crippen molar-refractivity contribution < 1.29 is 9.53 Å². The van der Waals surface area contributed by atoms with Crippen LogP contribution in [-0.4, -0.2) is 71.5 Å². The van der Waals surface area contributed by atoms with E-state index in [4.69, 9.17) is 15.5 Å². The molecule has 162 valence electrons. The number of nitrogen functional groups attached to an aromatic ring is 1. The van der Waals surface area contributed by atoms with Crippen LogP contribution in [0.15, 0.2) is 36.5 Å². The Morgan fingerprint density at radius 2 is 1.87 bits per heavy atom. The molecule has 2 N–H and O–H groups in total. The topological polar surface area (TPSA) is 79.3 Å². The van der Waals surface area contributed by atoms with Gasteiger partial charge < -0.3 is 24.7 Å². The highest BCUT2D eigenvalue weighted by molar-refractivity contribution is 5.98. The van der Waals surface area contributed by atoms with Crippen LogP contribution in [0.2, 0.25) is 0 Å². The number of anilines is 2. The number of aromatic nitrogens is 2. The summed E-state index contributed by atoms with van der Waals surface area (Å²) in [6.07, 6.45) is 1.95. The summed E-state index contributed by atoms with van der Waals surface area (Å²) in [5.41, 5.74) is 11.4. The molecule has 0 radical (unpaired) electrons. The second-order valence-electron chi connectivity index (χ2n) is 8.23. The number of ether oxygens (including phenoxy) is 1. The monoisotopic (exact) mass is 420 g/mol. The Kier molecular flexibility index (Phi) is 5.03. The molecule has 0 unspecified atom stereocenters. The number of fused-ring (bicyclic) bond motifs is 2. The normalized spacial score (nSPS) is 17.7. The number of hydrogen-bond acceptors (Lipinski definition) is 6. The van der Waals surface area contributed by atoms with Gasteiger partial charge in [-0.25, -0.2) is 4.98 Å². The summed E-state index contributed by atoms with van der Waals surface area (Å²) in [5, 5.41) is 0. The molecule has 3 aromatic rings. The number of piperazine rings is 1. The molecule has 8 heteroatoms. The lowest BCUT2D eigenvalue weighted by Gasteiger charge is -2.34. The lowest BCUT2D eigenvalue weighted by atomic mass is 10.1. The summed E-state index contributed by atoms with van der Waals surface area (Å²) in [6, 6.07) is 9.77. The maximum Gasteiger partial charge on any atom is 0.264 e. The van der Waals surface area contributed by atoms with E-state index in [1.54, 1.807) is 11.9 Å². The van der Waals surface area contributed by atoms with E-state index >= 15 is 0 Å². The molecule has 2 aliphatic rings. The van der Waals surface area contributed by atoms with E-state index in [2.05, 4.69) is 21.1 Å². The molecule has 0 saturated carbocycles. The van der Waals surface area contributed by atoms with Gasteiger partial charge >= 0.3 is 0 Å². The highest BCUT2D eigenvalue weighted by Gasteiger charge is 2.25. The molecular formula is C23H28N6O2. The molecule has 1 aromatic carbocycles. The van der Waals surface area contributed by atoms with Gasteiger partial charge in [-0.15, -0.1) is 0 Å². The highest BCUT2D eigenvalue weighted by atomic mass is 16.5. The molecule has 0 spiro atoms. The maximum absolute atomic E-state index is 12.1. The van der Waals surface area contributed by atoms with Crippen molar-refractivity contribution >= 4 is 22.9 Å². The van der Waals surface area contributed by atoms with Crippen LogP contribution < -0.4 is 15.4 Å². The van der Waals surface area contributed by atoms with Crippen molar-refractivity contribution in [2.75, 3.05) is 57.0 Å². The van der Waals surface area contributed by atoms with Gasteiger partial charge in [0.25, 0.3) is 5.91 Å². The van der Waals surface area contributed by atoms with Crippen LogP contribution >= 0.6 is 0 Å². The van der Waals surface area contributed by atoms with Crippen molar-refractivity contribution in [2.24, 2.45) is 0 Å². The number of pyridine rings is 1. The zero-order chi connectivity index (χ0) is 21.5. The number of benzene rings is 1. The number of carbonyl (C=O) groups excluding carboxylic acids is 1. The van der Waals surface area contributed by atoms with Gasteiger partial charge in [-0.05, 0) is 36.9 Å². The number of hydrogen-bond donors (Lipinski definition) is 1. The van der Waals surface area contributed by atoms with Gasteiger partial charge in [0, 0.05) is 57.2 Å². The minimum atomic E-state index is -0.0542. The van der Waals surface area contributed by atoms with E-state index in [0.717, 1.165) is 73.3 Å². The lowest BCUT2D eigenvalue weighted by molar-refractivity contribution is -0.120. The van der Waals surface area contributed by atoms with Crippen molar-refractivity contribution in [3.63, 3.8) is 0 Å². The Balaban J connectivity index is 1.56. The SMILES string of the molecule is CCN1CCN(Cc2c(-c3ccc4c(c3)N(C)C(=O)CO4)nc3ccc(N)cn23)CC1. The fourth-order valence-electron chi connectivity index (χ4n) is 4.39. The van der Waals surface area contributed by atoms with Crippen LogP contribution in [-0.2, 0) is 11.3 Å². The molecule has 1 amide bonds. The third-order valence-electron chi connectivity index (χ3n) is 6.34. The molecule has 2 aliphatic heterocycles. The summed E-state index contributed by atoms with van der Waals surface area (Å²) < 4.78 is 7.70. The highest BCUT2D eigenvalue weighted by Crippen LogP contribution is 2.36. The fourth-order valence-corrected chi connectivity index (χ4v) is 4.39. The summed E-state index contributed by atoms with van der Waals surface area (Å²) in [7, 11) is 1.78. The number of rotatable bonds is 4. The Morgan fingerprint density at radius 3 is 2.65 bits per heavy atom. The van der Waals surface area contributed by atoms with Crippen LogP contribution in [0, 0.1) is 0 Å². The first-order chi connectivity index (χ1) is 15.0. The predicted molar refractivity (Wildman–Crippen MR) is 121 cm³/mol. The molecule has 4 heterocycles. The maximum atomic E-state index is 12.1. The van der Waals surface area contributed by atoms with E-state index in [9.17, 15) is 4.79 Å². The number of nitrogens with zero attached hydrogens (tertiary/aromatic N) is 5. The average molecular weight is 421 g/mol. The van der Waals surface area contributed by atoms with Gasteiger partial charge in [0.15, 0.2) is 6.61 Å². The van der Waals surface area contributed by atoms with Gasteiger partial charge in [0.05, 0.1) is 17.1 Å². The number of imidazole rings is 1. The van der Waals surface area contributed by atoms with E-state index in [1.807, 2.05) is 36.5 Å². The number of carbonyl (C=O) groups is 1. The van der Waals surface area contributed by atoms with Crippen molar-refractivity contribution in [1.82, 2.24) is 19.2 Å². The summed E-state index contributed by atoms with van der Waals surface area (Å²) in [4.78, 5) is 23.7. The first-order valence-corrected chi connectivity index (χ1v) is 10.8. The van der Waals surface area contributed by atoms with Crippen molar-refractivity contribution in [3.8, 4) is 17.0 Å². The summed E-state index contributed by atoms with van der Waals surface area (Å²) >= 11 is 0. The fraction of sp³-hybridized carbons (Fsp3) is 0.391. The van der Waals surface area contributed by atoms with Crippen LogP contribution in [0.25, 0.3) is 16.9 Å². The molecule has 0 bridgehead atoms. The van der Waals surface area contributed by atoms with Crippen LogP contribution in [0.5, 0.6) is 5.75 Å². The summed E-state index contributed by atoms with van der Waals surface area (Å²) in [6.45, 7) is 8.38. The Hall–Kier alpha value is -3.10. The van der Waals surface area contributed by atoms with Gasteiger partial charge in [0.2, 0.25) is 0 Å². The van der Waals surface area contributed by atoms with Crippen LogP contribution in [0.3, 0.4) is 0 Å². The largest absolute Gasteiger partial charge is 0.482 e. The molecule has 0 atom stereocenters. The second-order valence-corrected chi connectivity index (χ2v) is 8.23. The Labute approximate surface area is 181 Å². The van der Waals surface area contributed by atoms with E-state index in [0.29, 0.717) is 5.69 Å². The number of nitrogens with two attached hydrogens (primary N) is 1. The lowest BCUT2D eigenvalue weighted by Crippen LogP contribution is -2.45. The standard InChI is InChI=1S/C23H28N6O2/c1-3-27-8-10-28(11-9-27)14-19-23(25-21-7-5-17(24)13-29(19)21)16-4-6-20-18(12-16)26(2)22(30)15-31-20/h4-7,12-13H,3,8-11,14-15,24H2,1-2H3. The van der Waals surface area contributed by atoms with Crippen molar-refractivity contribution in [1.29, 1.82) is 0 Å². The van der Waals surface area contributed by atoms with E-state index < -0.39 is 0 Å². The summed E-state index contributed by atoms with van der Waals surface area (Å²) in [5.74, 6) is 0.664. The zero-order valence-electron chi connectivity index (χ0n) is 18.0. The quantitative estimate of drug-likeness (QED) is 0.696. The molecule has 8 nitrogen and oxygen atoms in total. The number of likely N-dealkylation sites (N-methyl/N-ethyl adjacent to an activating group) is 2. The molecule has 0 aliphatic carbocycles. The third kappa shape index (κ3) is 3.62.